The van der Waals surface area contributed by atoms with Crippen molar-refractivity contribution in [2.75, 3.05) is 31.6 Å². The van der Waals surface area contributed by atoms with Gasteiger partial charge in [0.2, 0.25) is 0 Å². The predicted octanol–water partition coefficient (Wildman–Crippen LogP) is 1.71. The molecule has 1 aromatic heterocycles. The number of nitrogens with one attached hydrogen (secondary N) is 1. The number of aliphatic hydroxyl groups excluding tert-OH is 1. The second kappa shape index (κ2) is 8.44. The van der Waals surface area contributed by atoms with Crippen molar-refractivity contribution in [1.82, 2.24) is 4.90 Å². The molecule has 1 aromatic rings. The molecule has 138 valence electrons. The Bertz CT molecular complexity index is 662. The number of likely N-dealkylation sites (tertiary alicyclic amines) is 1. The van der Waals surface area contributed by atoms with Crippen LogP contribution in [0.2, 0.25) is 0 Å². The van der Waals surface area contributed by atoms with Crippen molar-refractivity contribution in [3.05, 3.63) is 16.0 Å². The summed E-state index contributed by atoms with van der Waals surface area (Å²) in [4.78, 5) is 39.2. The van der Waals surface area contributed by atoms with Crippen LogP contribution in [0.15, 0.2) is 0 Å². The summed E-state index contributed by atoms with van der Waals surface area (Å²) in [5.74, 6) is -1.69. The Morgan fingerprint density at radius 2 is 1.92 bits per heavy atom. The van der Waals surface area contributed by atoms with Gasteiger partial charge in [-0.05, 0) is 45.1 Å². The van der Waals surface area contributed by atoms with Gasteiger partial charge in [-0.2, -0.15) is 0 Å². The molecule has 0 aromatic carbocycles. The highest BCUT2D eigenvalue weighted by atomic mass is 32.1. The fourth-order valence-electron chi connectivity index (χ4n) is 2.78. The number of amides is 2. The van der Waals surface area contributed by atoms with Gasteiger partial charge in [0.15, 0.2) is 0 Å². The third-order valence-electron chi connectivity index (χ3n) is 4.45. The van der Waals surface area contributed by atoms with E-state index in [-0.39, 0.29) is 19.1 Å². The van der Waals surface area contributed by atoms with Crippen molar-refractivity contribution in [2.45, 2.75) is 33.6 Å². The number of rotatable bonds is 4. The van der Waals surface area contributed by atoms with Gasteiger partial charge in [0, 0.05) is 24.6 Å². The van der Waals surface area contributed by atoms with Crippen molar-refractivity contribution < 1.29 is 24.2 Å². The molecule has 0 unspecified atom stereocenters. The number of carbonyl (C=O) groups excluding carboxylic acids is 3. The third kappa shape index (κ3) is 4.38. The summed E-state index contributed by atoms with van der Waals surface area (Å²) in [6.07, 6.45) is 1.36. The van der Waals surface area contributed by atoms with Crippen LogP contribution < -0.4 is 5.32 Å². The van der Waals surface area contributed by atoms with Gasteiger partial charge in [0.1, 0.15) is 5.00 Å². The predicted molar refractivity (Wildman–Crippen MR) is 94.8 cm³/mol. The molecule has 25 heavy (non-hydrogen) atoms. The zero-order valence-electron chi connectivity index (χ0n) is 14.8. The van der Waals surface area contributed by atoms with E-state index < -0.39 is 17.8 Å². The average molecular weight is 368 g/mol. The Hall–Kier alpha value is -1.93. The number of hydrogen-bond donors (Lipinski definition) is 2. The van der Waals surface area contributed by atoms with Gasteiger partial charge in [0.25, 0.3) is 0 Å². The van der Waals surface area contributed by atoms with Gasteiger partial charge in [0.05, 0.1) is 12.2 Å². The zero-order chi connectivity index (χ0) is 18.6. The minimum atomic E-state index is -0.755. The number of ether oxygens (including phenoxy) is 1. The number of hydrogen-bond acceptors (Lipinski definition) is 6. The number of aryl methyl sites for hydroxylation is 1. The van der Waals surface area contributed by atoms with E-state index in [9.17, 15) is 14.4 Å². The van der Waals surface area contributed by atoms with E-state index in [2.05, 4.69) is 5.32 Å². The molecule has 0 atom stereocenters. The topological polar surface area (TPSA) is 95.9 Å². The monoisotopic (exact) mass is 368 g/mol. The molecule has 1 saturated heterocycles. The summed E-state index contributed by atoms with van der Waals surface area (Å²) >= 11 is 1.25. The van der Waals surface area contributed by atoms with Gasteiger partial charge >= 0.3 is 17.8 Å². The second-order valence-corrected chi connectivity index (χ2v) is 7.30. The first-order chi connectivity index (χ1) is 11.9. The summed E-state index contributed by atoms with van der Waals surface area (Å²) in [6, 6.07) is 0. The largest absolute Gasteiger partial charge is 0.462 e. The molecule has 2 N–H and O–H groups in total. The Labute approximate surface area is 151 Å². The Morgan fingerprint density at radius 3 is 2.48 bits per heavy atom. The Kier molecular flexibility index (Phi) is 6.55. The molecule has 1 fully saturated rings. The van der Waals surface area contributed by atoms with Crippen molar-refractivity contribution >= 4 is 34.1 Å². The molecule has 2 amide bonds. The minimum absolute atomic E-state index is 0.102. The molecule has 0 radical (unpaired) electrons. The molecule has 2 heterocycles. The lowest BCUT2D eigenvalue weighted by Crippen LogP contribution is -2.44. The first-order valence-electron chi connectivity index (χ1n) is 8.37. The van der Waals surface area contributed by atoms with Crippen LogP contribution in [0.5, 0.6) is 0 Å². The van der Waals surface area contributed by atoms with E-state index in [4.69, 9.17) is 9.84 Å². The summed E-state index contributed by atoms with van der Waals surface area (Å²) < 4.78 is 5.04. The number of piperidine rings is 1. The lowest BCUT2D eigenvalue weighted by molar-refractivity contribution is -0.144. The molecule has 2 rings (SSSR count). The van der Waals surface area contributed by atoms with E-state index in [0.29, 0.717) is 36.5 Å². The van der Waals surface area contributed by atoms with Gasteiger partial charge in [-0.3, -0.25) is 9.59 Å². The number of anilines is 1. The molecule has 8 heteroatoms. The normalized spacial score (nSPS) is 15.1. The number of thiophene rings is 1. The molecule has 1 aliphatic rings. The molecule has 0 spiro atoms. The van der Waals surface area contributed by atoms with Crippen molar-refractivity contribution in [3.8, 4) is 0 Å². The summed E-state index contributed by atoms with van der Waals surface area (Å²) in [7, 11) is 0. The van der Waals surface area contributed by atoms with Gasteiger partial charge in [-0.1, -0.05) is 0 Å². The van der Waals surface area contributed by atoms with Gasteiger partial charge in [-0.15, -0.1) is 11.3 Å². The van der Waals surface area contributed by atoms with E-state index in [1.165, 1.54) is 16.2 Å². The van der Waals surface area contributed by atoms with Gasteiger partial charge < -0.3 is 20.1 Å². The molecule has 0 aliphatic carbocycles. The third-order valence-corrected chi connectivity index (χ3v) is 5.57. The standard InChI is InChI=1S/C17H24N2O5S/c1-4-24-17(23)13-10(2)11(3)25-15(13)18-14(21)16(22)19-7-5-12(9-20)6-8-19/h12,20H,4-9H2,1-3H3,(H,18,21). The highest BCUT2D eigenvalue weighted by Gasteiger charge is 2.29. The van der Waals surface area contributed by atoms with Crippen LogP contribution in [0.1, 0.15) is 40.6 Å². The van der Waals surface area contributed by atoms with E-state index in [1.807, 2.05) is 6.92 Å². The van der Waals surface area contributed by atoms with Crippen molar-refractivity contribution in [1.29, 1.82) is 0 Å². The van der Waals surface area contributed by atoms with E-state index in [0.717, 1.165) is 10.4 Å². The molecular weight excluding hydrogens is 344 g/mol. The lowest BCUT2D eigenvalue weighted by Gasteiger charge is -2.30. The fourth-order valence-corrected chi connectivity index (χ4v) is 3.83. The molecular formula is C17H24N2O5S. The number of esters is 1. The van der Waals surface area contributed by atoms with Crippen LogP contribution in [0.3, 0.4) is 0 Å². The maximum absolute atomic E-state index is 12.3. The molecule has 7 nitrogen and oxygen atoms in total. The average Bonchev–Trinajstić information content (AvgIpc) is 2.88. The van der Waals surface area contributed by atoms with Crippen LogP contribution in [0, 0.1) is 19.8 Å². The molecule has 0 bridgehead atoms. The van der Waals surface area contributed by atoms with Crippen LogP contribution in [0.4, 0.5) is 5.00 Å². The first kappa shape index (κ1) is 19.4. The summed E-state index contributed by atoms with van der Waals surface area (Å²) in [5.41, 5.74) is 1.06. The maximum Gasteiger partial charge on any atom is 0.341 e. The van der Waals surface area contributed by atoms with Crippen LogP contribution >= 0.6 is 11.3 Å². The van der Waals surface area contributed by atoms with Gasteiger partial charge in [-0.25, -0.2) is 4.79 Å². The smallest absolute Gasteiger partial charge is 0.341 e. The fraction of sp³-hybridized carbons (Fsp3) is 0.588. The van der Waals surface area contributed by atoms with E-state index in [1.54, 1.807) is 13.8 Å². The second-order valence-electron chi connectivity index (χ2n) is 6.08. The number of nitrogens with zero attached hydrogens (tertiary/aromatic N) is 1. The summed E-state index contributed by atoms with van der Waals surface area (Å²) in [5, 5.41) is 12.1. The Balaban J connectivity index is 2.09. The quantitative estimate of drug-likeness (QED) is 0.623. The van der Waals surface area contributed by atoms with Crippen LogP contribution in [-0.4, -0.2) is 54.1 Å². The maximum atomic E-state index is 12.3. The highest BCUT2D eigenvalue weighted by molar-refractivity contribution is 7.17. The number of carbonyl (C=O) groups is 3. The first-order valence-corrected chi connectivity index (χ1v) is 9.18. The molecule has 1 aliphatic heterocycles. The molecule has 0 saturated carbocycles. The van der Waals surface area contributed by atoms with E-state index >= 15 is 0 Å². The SMILES string of the molecule is CCOC(=O)c1c(NC(=O)C(=O)N2CCC(CO)CC2)sc(C)c1C. The van der Waals surface area contributed by atoms with Crippen molar-refractivity contribution in [2.24, 2.45) is 5.92 Å². The number of aliphatic hydroxyl groups is 1. The van der Waals surface area contributed by atoms with Crippen molar-refractivity contribution in [3.63, 3.8) is 0 Å². The van der Waals surface area contributed by atoms with Crippen LogP contribution in [-0.2, 0) is 14.3 Å². The van der Waals surface area contributed by atoms with Crippen LogP contribution in [0.25, 0.3) is 0 Å². The lowest BCUT2D eigenvalue weighted by atomic mass is 9.98. The highest BCUT2D eigenvalue weighted by Crippen LogP contribution is 2.33. The zero-order valence-corrected chi connectivity index (χ0v) is 15.6. The Morgan fingerprint density at radius 1 is 1.28 bits per heavy atom. The summed E-state index contributed by atoms with van der Waals surface area (Å²) in [6.45, 7) is 6.58. The minimum Gasteiger partial charge on any atom is -0.462 e.